The lowest BCUT2D eigenvalue weighted by atomic mass is 9.47. The fourth-order valence-corrected chi connectivity index (χ4v) is 7.79. The van der Waals surface area contributed by atoms with E-state index in [0.717, 1.165) is 24.4 Å². The van der Waals surface area contributed by atoms with Crippen LogP contribution in [0.5, 0.6) is 5.75 Å². The van der Waals surface area contributed by atoms with E-state index in [-0.39, 0.29) is 37.0 Å². The van der Waals surface area contributed by atoms with Gasteiger partial charge >= 0.3 is 5.97 Å². The number of rotatable bonds is 6. The summed E-state index contributed by atoms with van der Waals surface area (Å²) in [6.45, 7) is 2.24. The Morgan fingerprint density at radius 2 is 2.00 bits per heavy atom. The molecule has 6 rings (SSSR count). The highest BCUT2D eigenvalue weighted by molar-refractivity contribution is 5.91. The third-order valence-electron chi connectivity index (χ3n) is 9.85. The summed E-state index contributed by atoms with van der Waals surface area (Å²) >= 11 is 0. The molecule has 0 spiro atoms. The van der Waals surface area contributed by atoms with E-state index < -0.39 is 28.9 Å². The van der Waals surface area contributed by atoms with Gasteiger partial charge in [0.25, 0.3) is 0 Å². The molecular weight excluding hydrogens is 460 g/mol. The number of aliphatic hydroxyl groups is 1. The topological polar surface area (TPSA) is 107 Å². The molecule has 1 amide bonds. The van der Waals surface area contributed by atoms with Crippen LogP contribution in [0.3, 0.4) is 0 Å². The molecule has 2 N–H and O–H groups in total. The van der Waals surface area contributed by atoms with E-state index in [4.69, 9.17) is 4.74 Å². The highest BCUT2D eigenvalue weighted by Gasteiger charge is 2.66. The molecule has 36 heavy (non-hydrogen) atoms. The van der Waals surface area contributed by atoms with Crippen LogP contribution in [0.15, 0.2) is 18.2 Å². The number of carbonyl (C=O) groups excluding carboxylic acids is 2. The van der Waals surface area contributed by atoms with Crippen molar-refractivity contribution in [3.63, 3.8) is 0 Å². The van der Waals surface area contributed by atoms with Gasteiger partial charge in [-0.1, -0.05) is 6.07 Å². The Kier molecular flexibility index (Phi) is 5.68. The summed E-state index contributed by atoms with van der Waals surface area (Å²) in [5.74, 6) is -0.454. The highest BCUT2D eigenvalue weighted by Crippen LogP contribution is 2.59. The van der Waals surface area contributed by atoms with Crippen molar-refractivity contribution in [3.05, 3.63) is 29.3 Å². The molecule has 4 fully saturated rings. The van der Waals surface area contributed by atoms with Crippen molar-refractivity contribution in [3.8, 4) is 5.75 Å². The monoisotopic (exact) mass is 496 g/mol. The first-order valence-electron chi connectivity index (χ1n) is 13.4. The third-order valence-corrected chi connectivity index (χ3v) is 9.85. The molecule has 3 aliphatic carbocycles. The minimum Gasteiger partial charge on any atom is -0.497 e. The zero-order valence-corrected chi connectivity index (χ0v) is 20.9. The molecular formula is C28H36N2O6. The minimum absolute atomic E-state index is 0.00385. The van der Waals surface area contributed by atoms with E-state index in [9.17, 15) is 24.6 Å². The Morgan fingerprint density at radius 3 is 2.72 bits per heavy atom. The van der Waals surface area contributed by atoms with Crippen molar-refractivity contribution < 1.29 is 29.3 Å². The maximum Gasteiger partial charge on any atom is 0.326 e. The van der Waals surface area contributed by atoms with Crippen LogP contribution in [0.25, 0.3) is 0 Å². The standard InChI is InChI=1S/C28H36N2O6/c1-36-20-7-6-18-11-24-28(35)14-19(12-25(32)30-9-2-3-22(30)26(33)34)23(31)15-27(28,21(18)13-20)8-10-29(24)16-17-4-5-17/h6-7,13,17,19,22,24,35H,2-5,8-12,14-16H2,1H3,(H,33,34)/t19-,22-,24+,27?,28+/m0/s1. The molecule has 8 heteroatoms. The number of hydrogen-bond donors (Lipinski definition) is 2. The van der Waals surface area contributed by atoms with E-state index in [1.54, 1.807) is 7.11 Å². The number of carbonyl (C=O) groups is 3. The van der Waals surface area contributed by atoms with Gasteiger partial charge in [-0.15, -0.1) is 0 Å². The molecule has 1 unspecified atom stereocenters. The summed E-state index contributed by atoms with van der Waals surface area (Å²) in [5, 5.41) is 22.1. The lowest BCUT2D eigenvalue weighted by molar-refractivity contribution is -0.183. The predicted octanol–water partition coefficient (Wildman–Crippen LogP) is 2.15. The summed E-state index contributed by atoms with van der Waals surface area (Å²) in [7, 11) is 1.63. The molecule has 2 heterocycles. The maximum atomic E-state index is 13.6. The molecule has 0 radical (unpaired) electrons. The molecule has 2 saturated heterocycles. The number of carboxylic acids is 1. The average molecular weight is 497 g/mol. The summed E-state index contributed by atoms with van der Waals surface area (Å²) in [6.07, 6.45) is 5.41. The molecule has 2 aliphatic heterocycles. The van der Waals surface area contributed by atoms with Gasteiger partial charge in [-0.3, -0.25) is 14.5 Å². The number of nitrogens with zero attached hydrogens (tertiary/aromatic N) is 2. The van der Waals surface area contributed by atoms with Crippen LogP contribution in [0.1, 0.15) is 62.5 Å². The Morgan fingerprint density at radius 1 is 1.19 bits per heavy atom. The van der Waals surface area contributed by atoms with Gasteiger partial charge in [-0.25, -0.2) is 4.79 Å². The minimum atomic E-state index is -1.13. The van der Waals surface area contributed by atoms with Gasteiger partial charge in [0, 0.05) is 43.3 Å². The van der Waals surface area contributed by atoms with Crippen molar-refractivity contribution in [2.24, 2.45) is 11.8 Å². The number of fused-ring (bicyclic) bond motifs is 1. The number of aliphatic carboxylic acids is 1. The number of piperidine rings is 1. The first-order chi connectivity index (χ1) is 17.3. The lowest BCUT2D eigenvalue weighted by Crippen LogP contribution is -2.74. The number of hydrogen-bond acceptors (Lipinski definition) is 6. The highest BCUT2D eigenvalue weighted by atomic mass is 16.5. The normalized spacial score (nSPS) is 35.8. The van der Waals surface area contributed by atoms with Crippen LogP contribution in [0, 0.1) is 11.8 Å². The number of carboxylic acid groups (broad SMARTS) is 1. The van der Waals surface area contributed by atoms with Crippen LogP contribution in [0.4, 0.5) is 0 Å². The number of ether oxygens (including phenoxy) is 1. The molecule has 5 aliphatic rings. The number of benzene rings is 1. The zero-order valence-electron chi connectivity index (χ0n) is 20.9. The number of likely N-dealkylation sites (tertiary alicyclic amines) is 2. The Bertz CT molecular complexity index is 1100. The molecule has 194 valence electrons. The largest absolute Gasteiger partial charge is 0.497 e. The van der Waals surface area contributed by atoms with E-state index >= 15 is 0 Å². The molecule has 1 aromatic rings. The van der Waals surface area contributed by atoms with Crippen LogP contribution >= 0.6 is 0 Å². The Labute approximate surface area is 211 Å². The molecule has 1 aromatic carbocycles. The summed E-state index contributed by atoms with van der Waals surface area (Å²) < 4.78 is 5.52. The molecule has 2 bridgehead atoms. The second kappa shape index (κ2) is 8.55. The Balaban J connectivity index is 1.34. The van der Waals surface area contributed by atoms with E-state index in [1.807, 2.05) is 12.1 Å². The van der Waals surface area contributed by atoms with Gasteiger partial charge in [0.15, 0.2) is 0 Å². The van der Waals surface area contributed by atoms with Gasteiger partial charge in [-0.2, -0.15) is 0 Å². The first kappa shape index (κ1) is 23.9. The second-order valence-electron chi connectivity index (χ2n) is 11.8. The van der Waals surface area contributed by atoms with Gasteiger partial charge in [-0.05, 0) is 80.7 Å². The SMILES string of the molecule is COc1ccc2c(c1)C13CCN(CC4CC4)[C@H](C2)[C@]1(O)C[C@H](CC(=O)N1CCC[C@H]1C(=O)O)C(=O)C3. The summed E-state index contributed by atoms with van der Waals surface area (Å²) in [6, 6.07) is 5.14. The molecule has 5 atom stereocenters. The fourth-order valence-electron chi connectivity index (χ4n) is 7.79. The number of ketones is 1. The van der Waals surface area contributed by atoms with Crippen LogP contribution in [-0.4, -0.2) is 82.1 Å². The molecule has 2 saturated carbocycles. The van der Waals surface area contributed by atoms with E-state index in [2.05, 4.69) is 11.0 Å². The van der Waals surface area contributed by atoms with E-state index in [1.165, 1.54) is 23.3 Å². The summed E-state index contributed by atoms with van der Waals surface area (Å²) in [5.41, 5.74) is 0.383. The van der Waals surface area contributed by atoms with Crippen molar-refractivity contribution in [2.75, 3.05) is 26.7 Å². The zero-order chi connectivity index (χ0) is 25.2. The predicted molar refractivity (Wildman–Crippen MR) is 131 cm³/mol. The summed E-state index contributed by atoms with van der Waals surface area (Å²) in [4.78, 5) is 42.3. The van der Waals surface area contributed by atoms with Gasteiger partial charge in [0.05, 0.1) is 12.7 Å². The quantitative estimate of drug-likeness (QED) is 0.621. The van der Waals surface area contributed by atoms with Crippen LogP contribution < -0.4 is 4.74 Å². The van der Waals surface area contributed by atoms with Gasteiger partial charge in [0.1, 0.15) is 17.6 Å². The molecule has 0 aromatic heterocycles. The van der Waals surface area contributed by atoms with Crippen molar-refractivity contribution in [2.45, 2.75) is 80.9 Å². The number of Topliss-reactive ketones (excluding diaryl/α,β-unsaturated/α-hetero) is 1. The molecule has 8 nitrogen and oxygen atoms in total. The third kappa shape index (κ3) is 3.59. The van der Waals surface area contributed by atoms with Crippen molar-refractivity contribution in [1.29, 1.82) is 0 Å². The number of amides is 1. The van der Waals surface area contributed by atoms with Crippen molar-refractivity contribution >= 4 is 17.7 Å². The van der Waals surface area contributed by atoms with Crippen molar-refractivity contribution in [1.82, 2.24) is 9.80 Å². The Hall–Kier alpha value is -2.45. The average Bonchev–Trinajstić information content (AvgIpc) is 3.52. The van der Waals surface area contributed by atoms with Crippen LogP contribution in [-0.2, 0) is 26.2 Å². The second-order valence-corrected chi connectivity index (χ2v) is 11.8. The lowest BCUT2D eigenvalue weighted by Gasteiger charge is -2.64. The van der Waals surface area contributed by atoms with Crippen LogP contribution in [0.2, 0.25) is 0 Å². The van der Waals surface area contributed by atoms with Gasteiger partial charge in [0.2, 0.25) is 5.91 Å². The smallest absolute Gasteiger partial charge is 0.326 e. The van der Waals surface area contributed by atoms with E-state index in [0.29, 0.717) is 38.1 Å². The maximum absolute atomic E-state index is 13.6. The van der Waals surface area contributed by atoms with Gasteiger partial charge < -0.3 is 19.8 Å². The number of methoxy groups -OCH3 is 1. The first-order valence-corrected chi connectivity index (χ1v) is 13.4. The fraction of sp³-hybridized carbons (Fsp3) is 0.679.